The van der Waals surface area contributed by atoms with E-state index in [4.69, 9.17) is 4.74 Å². The van der Waals surface area contributed by atoms with Crippen LogP contribution < -0.4 is 10.1 Å². The minimum atomic E-state index is -4.36. The van der Waals surface area contributed by atoms with Crippen molar-refractivity contribution in [1.82, 2.24) is 10.2 Å². The monoisotopic (exact) mass is 342 g/mol. The summed E-state index contributed by atoms with van der Waals surface area (Å²) >= 11 is 0. The van der Waals surface area contributed by atoms with E-state index in [2.05, 4.69) is 5.32 Å². The minimum Gasteiger partial charge on any atom is -0.494 e. The first kappa shape index (κ1) is 19.0. The van der Waals surface area contributed by atoms with E-state index < -0.39 is 24.5 Å². The van der Waals surface area contributed by atoms with Crippen LogP contribution in [0.1, 0.15) is 18.0 Å². The molecule has 8 heteroatoms. The van der Waals surface area contributed by atoms with Crippen molar-refractivity contribution in [3.8, 4) is 5.75 Å². The highest BCUT2D eigenvalue weighted by molar-refractivity contribution is 5.85. The van der Waals surface area contributed by atoms with Gasteiger partial charge in [0.25, 0.3) is 0 Å². The molecule has 0 aromatic heterocycles. The third-order valence-electron chi connectivity index (χ3n) is 3.59. The molecule has 1 N–H and O–H groups in total. The maximum absolute atomic E-state index is 14.3. The van der Waals surface area contributed by atoms with E-state index in [-0.39, 0.29) is 23.7 Å². The number of halogens is 5. The average Bonchev–Trinajstić information content (AvgIpc) is 2.45. The Labute approximate surface area is 133 Å². The lowest BCUT2D eigenvalue weighted by molar-refractivity contribution is -0.149. The van der Waals surface area contributed by atoms with Crippen LogP contribution in [-0.2, 0) is 0 Å². The van der Waals surface area contributed by atoms with E-state index >= 15 is 0 Å². The Bertz CT molecular complexity index is 478. The molecule has 0 spiro atoms. The van der Waals surface area contributed by atoms with Crippen molar-refractivity contribution in [1.29, 1.82) is 0 Å². The molecule has 1 fully saturated rings. The Kier molecular flexibility index (Phi) is 6.90. The summed E-state index contributed by atoms with van der Waals surface area (Å²) in [5, 5.41) is 3.08. The van der Waals surface area contributed by atoms with E-state index in [0.29, 0.717) is 26.2 Å². The molecular weight excluding hydrogens is 324 g/mol. The molecule has 3 nitrogen and oxygen atoms in total. The van der Waals surface area contributed by atoms with Crippen LogP contribution in [0.25, 0.3) is 0 Å². The maximum atomic E-state index is 14.3. The van der Waals surface area contributed by atoms with Crippen LogP contribution in [0.15, 0.2) is 18.2 Å². The predicted octanol–water partition coefficient (Wildman–Crippen LogP) is 3.15. The van der Waals surface area contributed by atoms with Gasteiger partial charge in [0, 0.05) is 37.8 Å². The molecule has 0 amide bonds. The van der Waals surface area contributed by atoms with E-state index in [1.165, 1.54) is 25.3 Å². The van der Waals surface area contributed by atoms with Crippen LogP contribution in [0.4, 0.5) is 17.6 Å². The topological polar surface area (TPSA) is 24.5 Å². The Morgan fingerprint density at radius 3 is 2.45 bits per heavy atom. The lowest BCUT2D eigenvalue weighted by atomic mass is 9.99. The van der Waals surface area contributed by atoms with Crippen LogP contribution in [0.3, 0.4) is 0 Å². The molecule has 0 aliphatic carbocycles. The Balaban J connectivity index is 0.00000242. The van der Waals surface area contributed by atoms with Crippen LogP contribution >= 0.6 is 12.4 Å². The van der Waals surface area contributed by atoms with Gasteiger partial charge in [0.2, 0.25) is 0 Å². The summed E-state index contributed by atoms with van der Waals surface area (Å²) in [6.07, 6.45) is -5.43. The van der Waals surface area contributed by atoms with Gasteiger partial charge in [-0.25, -0.2) is 4.39 Å². The molecule has 2 rings (SSSR count). The molecule has 126 valence electrons. The first-order valence-electron chi connectivity index (χ1n) is 6.76. The van der Waals surface area contributed by atoms with Gasteiger partial charge in [-0.3, -0.25) is 4.90 Å². The van der Waals surface area contributed by atoms with Crippen molar-refractivity contribution >= 4 is 12.4 Å². The summed E-state index contributed by atoms with van der Waals surface area (Å²) in [5.41, 5.74) is 0.0357. The van der Waals surface area contributed by atoms with E-state index in [1.807, 2.05) is 0 Å². The Hall–Kier alpha value is -1.05. The van der Waals surface area contributed by atoms with Crippen LogP contribution in [0.2, 0.25) is 0 Å². The van der Waals surface area contributed by atoms with Crippen molar-refractivity contribution in [2.45, 2.75) is 18.6 Å². The van der Waals surface area contributed by atoms with Gasteiger partial charge < -0.3 is 10.1 Å². The number of rotatable bonds is 4. The van der Waals surface area contributed by atoms with Gasteiger partial charge in [-0.1, -0.05) is 12.1 Å². The SMILES string of the molecule is COc1cccc([C@H](CC(F)(F)F)N2CCNCC2)c1F.Cl. The summed E-state index contributed by atoms with van der Waals surface area (Å²) < 4.78 is 57.8. The second-order valence-electron chi connectivity index (χ2n) is 4.98. The molecule has 1 aliphatic heterocycles. The standard InChI is InChI=1S/C14H18F4N2O.ClH/c1-21-12-4-2-3-10(13(12)15)11(9-14(16,17)18)20-7-5-19-6-8-20;/h2-4,11,19H,5-9H2,1H3;1H/t11-;/m0./s1. The van der Waals surface area contributed by atoms with Crippen LogP contribution in [0.5, 0.6) is 5.75 Å². The number of ether oxygens (including phenoxy) is 1. The van der Waals surface area contributed by atoms with Crippen molar-refractivity contribution in [2.75, 3.05) is 33.3 Å². The van der Waals surface area contributed by atoms with Crippen molar-refractivity contribution < 1.29 is 22.3 Å². The van der Waals surface area contributed by atoms with Gasteiger partial charge in [-0.05, 0) is 6.07 Å². The van der Waals surface area contributed by atoms with Gasteiger partial charge in [0.15, 0.2) is 11.6 Å². The third kappa shape index (κ3) is 4.72. The zero-order valence-electron chi connectivity index (χ0n) is 12.1. The van der Waals surface area contributed by atoms with Gasteiger partial charge in [0.05, 0.1) is 13.5 Å². The lowest BCUT2D eigenvalue weighted by Gasteiger charge is -2.35. The van der Waals surface area contributed by atoms with Crippen LogP contribution in [0, 0.1) is 5.82 Å². The van der Waals surface area contributed by atoms with Crippen molar-refractivity contribution in [3.05, 3.63) is 29.6 Å². The highest BCUT2D eigenvalue weighted by atomic mass is 35.5. The largest absolute Gasteiger partial charge is 0.494 e. The summed E-state index contributed by atoms with van der Waals surface area (Å²) in [6.45, 7) is 2.11. The number of nitrogens with zero attached hydrogens (tertiary/aromatic N) is 1. The molecule has 22 heavy (non-hydrogen) atoms. The number of methoxy groups -OCH3 is 1. The lowest BCUT2D eigenvalue weighted by Crippen LogP contribution is -2.46. The van der Waals surface area contributed by atoms with E-state index in [9.17, 15) is 17.6 Å². The second-order valence-corrected chi connectivity index (χ2v) is 4.98. The molecular formula is C14H19ClF4N2O. The zero-order chi connectivity index (χ0) is 15.5. The average molecular weight is 343 g/mol. The quantitative estimate of drug-likeness (QED) is 0.851. The number of hydrogen-bond donors (Lipinski definition) is 1. The molecule has 1 aliphatic rings. The van der Waals surface area contributed by atoms with Crippen LogP contribution in [-0.4, -0.2) is 44.4 Å². The Morgan fingerprint density at radius 2 is 1.91 bits per heavy atom. The summed E-state index contributed by atoms with van der Waals surface area (Å²) in [5.74, 6) is -0.748. The number of piperazine rings is 1. The fourth-order valence-electron chi connectivity index (χ4n) is 2.59. The first-order valence-corrected chi connectivity index (χ1v) is 6.76. The molecule has 1 saturated heterocycles. The minimum absolute atomic E-state index is 0. The van der Waals surface area contributed by atoms with E-state index in [1.54, 1.807) is 4.90 Å². The number of nitrogens with one attached hydrogen (secondary N) is 1. The maximum Gasteiger partial charge on any atom is 0.390 e. The summed E-state index contributed by atoms with van der Waals surface area (Å²) in [7, 11) is 1.30. The molecule has 1 aromatic carbocycles. The smallest absolute Gasteiger partial charge is 0.390 e. The first-order chi connectivity index (χ1) is 9.92. The zero-order valence-corrected chi connectivity index (χ0v) is 12.9. The second kappa shape index (κ2) is 7.99. The molecule has 0 radical (unpaired) electrons. The fraction of sp³-hybridized carbons (Fsp3) is 0.571. The third-order valence-corrected chi connectivity index (χ3v) is 3.59. The van der Waals surface area contributed by atoms with Gasteiger partial charge in [-0.2, -0.15) is 13.2 Å². The normalized spacial score (nSPS) is 17.7. The predicted molar refractivity (Wildman–Crippen MR) is 78.1 cm³/mol. The molecule has 0 bridgehead atoms. The summed E-state index contributed by atoms with van der Waals surface area (Å²) in [4.78, 5) is 1.67. The highest BCUT2D eigenvalue weighted by Gasteiger charge is 2.37. The van der Waals surface area contributed by atoms with Gasteiger partial charge >= 0.3 is 6.18 Å². The number of hydrogen-bond acceptors (Lipinski definition) is 3. The number of benzene rings is 1. The van der Waals surface area contributed by atoms with Crippen molar-refractivity contribution in [3.63, 3.8) is 0 Å². The molecule has 0 unspecified atom stereocenters. The summed E-state index contributed by atoms with van der Waals surface area (Å²) in [6, 6.07) is 3.29. The Morgan fingerprint density at radius 1 is 1.27 bits per heavy atom. The van der Waals surface area contributed by atoms with E-state index in [0.717, 1.165) is 0 Å². The highest BCUT2D eigenvalue weighted by Crippen LogP contribution is 2.36. The molecule has 1 aromatic rings. The van der Waals surface area contributed by atoms with Gasteiger partial charge in [0.1, 0.15) is 0 Å². The number of alkyl halides is 3. The molecule has 1 heterocycles. The molecule has 1 atom stereocenters. The van der Waals surface area contributed by atoms with Crippen molar-refractivity contribution in [2.24, 2.45) is 0 Å². The molecule has 0 saturated carbocycles. The fourth-order valence-corrected chi connectivity index (χ4v) is 2.59. The van der Waals surface area contributed by atoms with Gasteiger partial charge in [-0.15, -0.1) is 12.4 Å².